The van der Waals surface area contributed by atoms with Gasteiger partial charge in [-0.2, -0.15) is 5.26 Å². The number of amides is 3. The number of nitrogens with zero attached hydrogens (tertiary/aromatic N) is 1. The van der Waals surface area contributed by atoms with Gasteiger partial charge in [0.25, 0.3) is 5.91 Å². The molecule has 3 rings (SSSR count). The highest BCUT2D eigenvalue weighted by Crippen LogP contribution is 2.56. The number of carboxylic acid groups (broad SMARTS) is 1. The highest BCUT2D eigenvalue weighted by atomic mass is 35.5. The molecule has 9 nitrogen and oxygen atoms in total. The number of nitrogens with one attached hydrogen (secondary N) is 3. The Hall–Kier alpha value is -3.61. The van der Waals surface area contributed by atoms with E-state index in [2.05, 4.69) is 16.0 Å². The molecule has 40 heavy (non-hydrogen) atoms. The molecule has 0 spiro atoms. The third-order valence-corrected chi connectivity index (χ3v) is 8.65. The second kappa shape index (κ2) is 12.7. The maximum atomic E-state index is 13.3. The first-order valence-electron chi connectivity index (χ1n) is 12.8. The summed E-state index contributed by atoms with van der Waals surface area (Å²) in [4.78, 5) is 50.9. The van der Waals surface area contributed by atoms with Crippen molar-refractivity contribution >= 4 is 52.6 Å². The summed E-state index contributed by atoms with van der Waals surface area (Å²) < 4.78 is 0. The number of carboxylic acids is 1. The van der Waals surface area contributed by atoms with Gasteiger partial charge < -0.3 is 21.1 Å². The molecule has 0 unspecified atom stereocenters. The first kappa shape index (κ1) is 30.9. The van der Waals surface area contributed by atoms with E-state index in [1.54, 1.807) is 49.4 Å². The summed E-state index contributed by atoms with van der Waals surface area (Å²) in [6, 6.07) is 12.1. The third-order valence-electron chi connectivity index (χ3n) is 8.02. The number of benzene rings is 2. The zero-order valence-electron chi connectivity index (χ0n) is 22.5. The lowest BCUT2D eigenvalue weighted by Gasteiger charge is -2.40. The van der Waals surface area contributed by atoms with Gasteiger partial charge in [0.15, 0.2) is 0 Å². The fourth-order valence-corrected chi connectivity index (χ4v) is 5.70. The number of anilines is 1. The van der Waals surface area contributed by atoms with Crippen LogP contribution in [0.5, 0.6) is 0 Å². The second-order valence-electron chi connectivity index (χ2n) is 10.7. The number of nitriles is 1. The number of halogens is 2. The van der Waals surface area contributed by atoms with Crippen LogP contribution in [0.15, 0.2) is 42.5 Å². The Morgan fingerprint density at radius 3 is 2.27 bits per heavy atom. The van der Waals surface area contributed by atoms with Gasteiger partial charge in [0.1, 0.15) is 6.04 Å². The summed E-state index contributed by atoms with van der Waals surface area (Å²) in [5, 5.41) is 27.2. The van der Waals surface area contributed by atoms with Crippen LogP contribution in [0.25, 0.3) is 0 Å². The molecule has 2 aromatic rings. The van der Waals surface area contributed by atoms with Gasteiger partial charge in [-0.3, -0.25) is 14.4 Å². The molecule has 3 atom stereocenters. The van der Waals surface area contributed by atoms with Gasteiger partial charge >= 0.3 is 5.97 Å². The second-order valence-corrected chi connectivity index (χ2v) is 11.5. The molecule has 1 fully saturated rings. The Kier molecular flexibility index (Phi) is 9.82. The van der Waals surface area contributed by atoms with Gasteiger partial charge in [-0.15, -0.1) is 0 Å². The van der Waals surface area contributed by atoms with Crippen molar-refractivity contribution in [1.82, 2.24) is 10.6 Å². The summed E-state index contributed by atoms with van der Waals surface area (Å²) in [6.45, 7) is 5.71. The van der Waals surface area contributed by atoms with Gasteiger partial charge in [0.2, 0.25) is 11.8 Å². The molecule has 0 bridgehead atoms. The van der Waals surface area contributed by atoms with Crippen molar-refractivity contribution in [2.24, 2.45) is 16.7 Å². The molecule has 0 aromatic heterocycles. The quantitative estimate of drug-likeness (QED) is 0.293. The van der Waals surface area contributed by atoms with E-state index in [0.29, 0.717) is 24.1 Å². The summed E-state index contributed by atoms with van der Waals surface area (Å²) in [6.07, 6.45) is 1.10. The standard InChI is InChI=1S/C29H32Cl2N4O5/c1-28(2)19(12-13-29(28,3)27(40)33-15-5-14-32)24(36)35-22(26(38)39)16-17-8-10-18(11-9-17)34-25(37)23-20(30)6-4-7-21(23)31/h4,6-11,19,22H,5,12-13,15-16H2,1-3H3,(H,33,40)(H,34,37)(H,35,36)(H,38,39)/t19-,22+,29+/m1/s1. The molecule has 0 saturated heterocycles. The van der Waals surface area contributed by atoms with Gasteiger partial charge in [0.05, 0.1) is 33.5 Å². The van der Waals surface area contributed by atoms with E-state index < -0.39 is 40.6 Å². The van der Waals surface area contributed by atoms with Crippen LogP contribution >= 0.6 is 23.2 Å². The number of rotatable bonds is 10. The molecule has 1 aliphatic carbocycles. The monoisotopic (exact) mass is 586 g/mol. The highest BCUT2D eigenvalue weighted by Gasteiger charge is 2.58. The van der Waals surface area contributed by atoms with Crippen LogP contribution in [0.1, 0.15) is 56.0 Å². The molecule has 212 valence electrons. The van der Waals surface area contributed by atoms with Crippen molar-refractivity contribution in [2.45, 2.75) is 52.5 Å². The summed E-state index contributed by atoms with van der Waals surface area (Å²) >= 11 is 12.2. The van der Waals surface area contributed by atoms with Crippen molar-refractivity contribution in [3.8, 4) is 6.07 Å². The zero-order chi connectivity index (χ0) is 29.7. The summed E-state index contributed by atoms with van der Waals surface area (Å²) in [5.41, 5.74) is -0.359. The van der Waals surface area contributed by atoms with Crippen LogP contribution in [-0.2, 0) is 20.8 Å². The molecule has 0 aliphatic heterocycles. The Morgan fingerprint density at radius 2 is 1.70 bits per heavy atom. The SMILES string of the molecule is CC1(C)[C@@H](C(=O)N[C@@H](Cc2ccc(NC(=O)c3c(Cl)cccc3Cl)cc2)C(=O)O)CC[C@@]1(C)C(=O)NCCC#N. The minimum absolute atomic E-state index is 0.0186. The van der Waals surface area contributed by atoms with Crippen LogP contribution in [-0.4, -0.2) is 41.4 Å². The Labute approximate surface area is 243 Å². The van der Waals surface area contributed by atoms with E-state index in [4.69, 9.17) is 28.5 Å². The average Bonchev–Trinajstić information content (AvgIpc) is 3.14. The Bertz CT molecular complexity index is 1320. The van der Waals surface area contributed by atoms with E-state index in [0.717, 1.165) is 0 Å². The fourth-order valence-electron chi connectivity index (χ4n) is 5.13. The fraction of sp³-hybridized carbons (Fsp3) is 0.414. The van der Waals surface area contributed by atoms with E-state index in [1.807, 2.05) is 19.9 Å². The lowest BCUT2D eigenvalue weighted by Crippen LogP contribution is -2.51. The molecule has 4 N–H and O–H groups in total. The van der Waals surface area contributed by atoms with Crippen molar-refractivity contribution in [3.63, 3.8) is 0 Å². The molecule has 0 radical (unpaired) electrons. The van der Waals surface area contributed by atoms with Crippen LogP contribution in [0.3, 0.4) is 0 Å². The van der Waals surface area contributed by atoms with Crippen LogP contribution < -0.4 is 16.0 Å². The minimum atomic E-state index is -1.19. The number of carbonyl (C=O) groups excluding carboxylic acids is 3. The van der Waals surface area contributed by atoms with E-state index in [-0.39, 0.29) is 40.9 Å². The predicted octanol–water partition coefficient (Wildman–Crippen LogP) is 4.83. The van der Waals surface area contributed by atoms with Gasteiger partial charge in [-0.1, -0.05) is 62.2 Å². The Morgan fingerprint density at radius 1 is 1.07 bits per heavy atom. The van der Waals surface area contributed by atoms with E-state index >= 15 is 0 Å². The molecule has 11 heteroatoms. The topological polar surface area (TPSA) is 148 Å². The lowest BCUT2D eigenvalue weighted by atomic mass is 9.65. The normalized spacial score (nSPS) is 20.1. The van der Waals surface area contributed by atoms with Crippen LogP contribution in [0.2, 0.25) is 10.0 Å². The third kappa shape index (κ3) is 6.57. The highest BCUT2D eigenvalue weighted by molar-refractivity contribution is 6.40. The summed E-state index contributed by atoms with van der Waals surface area (Å²) in [7, 11) is 0. The van der Waals surface area contributed by atoms with Gasteiger partial charge in [-0.25, -0.2) is 4.79 Å². The predicted molar refractivity (Wildman–Crippen MR) is 152 cm³/mol. The number of hydrogen-bond donors (Lipinski definition) is 4. The van der Waals surface area contributed by atoms with Crippen molar-refractivity contribution in [2.75, 3.05) is 11.9 Å². The smallest absolute Gasteiger partial charge is 0.326 e. The number of hydrogen-bond acceptors (Lipinski definition) is 5. The Balaban J connectivity index is 1.66. The van der Waals surface area contributed by atoms with Gasteiger partial charge in [-0.05, 0) is 48.1 Å². The van der Waals surface area contributed by atoms with Crippen LogP contribution in [0.4, 0.5) is 5.69 Å². The molecule has 1 saturated carbocycles. The zero-order valence-corrected chi connectivity index (χ0v) is 24.0. The maximum Gasteiger partial charge on any atom is 0.326 e. The molecular weight excluding hydrogens is 555 g/mol. The maximum absolute atomic E-state index is 13.3. The molecular formula is C29H32Cl2N4O5. The van der Waals surface area contributed by atoms with E-state index in [9.17, 15) is 24.3 Å². The largest absolute Gasteiger partial charge is 0.480 e. The van der Waals surface area contributed by atoms with Crippen molar-refractivity contribution in [3.05, 3.63) is 63.6 Å². The summed E-state index contributed by atoms with van der Waals surface area (Å²) in [5.74, 6) is -2.89. The lowest BCUT2D eigenvalue weighted by molar-refractivity contribution is -0.145. The molecule has 1 aliphatic rings. The first-order valence-corrected chi connectivity index (χ1v) is 13.6. The molecule has 0 heterocycles. The molecule has 2 aromatic carbocycles. The minimum Gasteiger partial charge on any atom is -0.480 e. The number of aliphatic carboxylic acids is 1. The van der Waals surface area contributed by atoms with Crippen molar-refractivity contribution in [1.29, 1.82) is 5.26 Å². The number of carbonyl (C=O) groups is 4. The van der Waals surface area contributed by atoms with E-state index in [1.165, 1.54) is 0 Å². The average molecular weight is 588 g/mol. The molecule has 3 amide bonds. The van der Waals surface area contributed by atoms with Gasteiger partial charge in [0, 0.05) is 24.6 Å². The van der Waals surface area contributed by atoms with Crippen molar-refractivity contribution < 1.29 is 24.3 Å². The van der Waals surface area contributed by atoms with Crippen LogP contribution in [0, 0.1) is 28.1 Å². The first-order chi connectivity index (χ1) is 18.8.